The molecule has 0 aliphatic heterocycles. The molecule has 1 nitrogen and oxygen atoms in total. The Morgan fingerprint density at radius 1 is 1.36 bits per heavy atom. The summed E-state index contributed by atoms with van der Waals surface area (Å²) < 4.78 is 0. The van der Waals surface area contributed by atoms with Gasteiger partial charge in [0.05, 0.1) is 5.25 Å². The molecule has 0 saturated carbocycles. The lowest BCUT2D eigenvalue weighted by Crippen LogP contribution is -2.15. The average Bonchev–Trinajstić information content (AvgIpc) is 2.39. The van der Waals surface area contributed by atoms with E-state index in [0.29, 0.717) is 5.78 Å². The zero-order valence-electron chi connectivity index (χ0n) is 8.32. The molecule has 1 atom stereocenters. The Labute approximate surface area is 88.9 Å². The van der Waals surface area contributed by atoms with E-state index >= 15 is 0 Å². The summed E-state index contributed by atoms with van der Waals surface area (Å²) in [6.07, 6.45) is 5.23. The number of carbonyl (C=O) groups is 1. The van der Waals surface area contributed by atoms with Crippen LogP contribution in [0.3, 0.4) is 0 Å². The van der Waals surface area contributed by atoms with E-state index in [1.54, 1.807) is 11.8 Å². The van der Waals surface area contributed by atoms with Gasteiger partial charge in [-0.3, -0.25) is 4.79 Å². The fraction of sp³-hybridized carbons (Fsp3) is 0.417. The Hall–Kier alpha value is -0.760. The lowest BCUT2D eigenvalue weighted by atomic mass is 10.0. The molecule has 0 fully saturated rings. The average molecular weight is 206 g/mol. The molecule has 1 aromatic carbocycles. The van der Waals surface area contributed by atoms with Crippen LogP contribution in [-0.2, 0) is 6.42 Å². The van der Waals surface area contributed by atoms with Crippen LogP contribution in [0.25, 0.3) is 0 Å². The number of Topliss-reactive ketones (excluding diaryl/α,β-unsaturated/α-hetero) is 1. The summed E-state index contributed by atoms with van der Waals surface area (Å²) in [5.74, 6) is 0.325. The fourth-order valence-corrected chi connectivity index (χ4v) is 2.73. The third-order valence-electron chi connectivity index (χ3n) is 2.77. The van der Waals surface area contributed by atoms with E-state index in [2.05, 4.69) is 6.07 Å². The highest BCUT2D eigenvalue weighted by molar-refractivity contribution is 7.99. The van der Waals surface area contributed by atoms with Crippen LogP contribution < -0.4 is 0 Å². The van der Waals surface area contributed by atoms with Crippen molar-refractivity contribution in [2.75, 3.05) is 6.26 Å². The third-order valence-corrected chi connectivity index (χ3v) is 3.79. The molecule has 0 spiro atoms. The maximum absolute atomic E-state index is 12.0. The molecule has 1 aromatic rings. The van der Waals surface area contributed by atoms with Crippen LogP contribution in [0.1, 0.15) is 28.8 Å². The molecule has 0 radical (unpaired) electrons. The van der Waals surface area contributed by atoms with E-state index < -0.39 is 0 Å². The predicted octanol–water partition coefficient (Wildman–Crippen LogP) is 2.94. The number of thioether (sulfide) groups is 1. The molecular formula is C12H14OS. The van der Waals surface area contributed by atoms with Gasteiger partial charge in [0.15, 0.2) is 5.78 Å². The first-order valence-electron chi connectivity index (χ1n) is 4.98. The Morgan fingerprint density at radius 3 is 2.93 bits per heavy atom. The second-order valence-electron chi connectivity index (χ2n) is 3.64. The molecule has 0 bridgehead atoms. The van der Waals surface area contributed by atoms with Crippen molar-refractivity contribution in [1.82, 2.24) is 0 Å². The number of ketones is 1. The summed E-state index contributed by atoms with van der Waals surface area (Å²) in [4.78, 5) is 12.0. The SMILES string of the molecule is CSC1CCCc2ccccc2C1=O. The zero-order valence-corrected chi connectivity index (χ0v) is 9.14. The highest BCUT2D eigenvalue weighted by Crippen LogP contribution is 2.26. The summed E-state index contributed by atoms with van der Waals surface area (Å²) >= 11 is 1.68. The summed E-state index contributed by atoms with van der Waals surface area (Å²) in [7, 11) is 0. The molecule has 0 amide bonds. The smallest absolute Gasteiger partial charge is 0.176 e. The van der Waals surface area contributed by atoms with Gasteiger partial charge in [-0.15, -0.1) is 0 Å². The normalized spacial score (nSPS) is 21.5. The number of fused-ring (bicyclic) bond motifs is 1. The van der Waals surface area contributed by atoms with Crippen LogP contribution in [-0.4, -0.2) is 17.3 Å². The molecule has 1 aliphatic carbocycles. The van der Waals surface area contributed by atoms with Gasteiger partial charge in [-0.2, -0.15) is 11.8 Å². The summed E-state index contributed by atoms with van der Waals surface area (Å²) in [5, 5.41) is 0.179. The number of aryl methyl sites for hydroxylation is 1. The minimum atomic E-state index is 0.179. The lowest BCUT2D eigenvalue weighted by molar-refractivity contribution is 0.0988. The van der Waals surface area contributed by atoms with Crippen LogP contribution >= 0.6 is 11.8 Å². The number of hydrogen-bond donors (Lipinski definition) is 0. The van der Waals surface area contributed by atoms with Gasteiger partial charge in [-0.05, 0) is 31.1 Å². The largest absolute Gasteiger partial charge is 0.293 e. The molecule has 2 heteroatoms. The number of carbonyl (C=O) groups excluding carboxylic acids is 1. The van der Waals surface area contributed by atoms with Gasteiger partial charge < -0.3 is 0 Å². The van der Waals surface area contributed by atoms with E-state index in [4.69, 9.17) is 0 Å². The van der Waals surface area contributed by atoms with E-state index in [9.17, 15) is 4.79 Å². The van der Waals surface area contributed by atoms with Crippen molar-refractivity contribution in [1.29, 1.82) is 0 Å². The summed E-state index contributed by atoms with van der Waals surface area (Å²) in [5.41, 5.74) is 2.18. The van der Waals surface area contributed by atoms with Crippen LogP contribution in [0.4, 0.5) is 0 Å². The van der Waals surface area contributed by atoms with Gasteiger partial charge in [-0.1, -0.05) is 24.3 Å². The Bertz CT molecular complexity index is 346. The molecule has 0 N–H and O–H groups in total. The van der Waals surface area contributed by atoms with Crippen molar-refractivity contribution in [2.24, 2.45) is 0 Å². The minimum Gasteiger partial charge on any atom is -0.293 e. The molecule has 2 rings (SSSR count). The second-order valence-corrected chi connectivity index (χ2v) is 4.68. The molecular weight excluding hydrogens is 192 g/mol. The van der Waals surface area contributed by atoms with Crippen molar-refractivity contribution >= 4 is 17.5 Å². The van der Waals surface area contributed by atoms with Crippen molar-refractivity contribution in [3.63, 3.8) is 0 Å². The molecule has 1 aliphatic rings. The zero-order chi connectivity index (χ0) is 9.97. The topological polar surface area (TPSA) is 17.1 Å². The maximum Gasteiger partial charge on any atom is 0.176 e. The summed E-state index contributed by atoms with van der Waals surface area (Å²) in [6.45, 7) is 0. The molecule has 0 aromatic heterocycles. The van der Waals surface area contributed by atoms with Crippen molar-refractivity contribution in [3.05, 3.63) is 35.4 Å². The molecule has 0 heterocycles. The highest BCUT2D eigenvalue weighted by Gasteiger charge is 2.23. The number of hydrogen-bond acceptors (Lipinski definition) is 2. The maximum atomic E-state index is 12.0. The first kappa shape index (κ1) is 9.78. The van der Waals surface area contributed by atoms with E-state index in [1.807, 2.05) is 24.5 Å². The molecule has 14 heavy (non-hydrogen) atoms. The van der Waals surface area contributed by atoms with E-state index in [0.717, 1.165) is 24.8 Å². The van der Waals surface area contributed by atoms with Gasteiger partial charge in [0.2, 0.25) is 0 Å². The van der Waals surface area contributed by atoms with Crippen LogP contribution in [0.5, 0.6) is 0 Å². The molecule has 0 saturated heterocycles. The van der Waals surface area contributed by atoms with Crippen LogP contribution in [0, 0.1) is 0 Å². The van der Waals surface area contributed by atoms with Gasteiger partial charge in [0.1, 0.15) is 0 Å². The van der Waals surface area contributed by atoms with Crippen molar-refractivity contribution < 1.29 is 4.79 Å². The molecule has 1 unspecified atom stereocenters. The Kier molecular flexibility index (Phi) is 2.92. The monoisotopic (exact) mass is 206 g/mol. The van der Waals surface area contributed by atoms with Crippen LogP contribution in [0.2, 0.25) is 0 Å². The summed E-state index contributed by atoms with van der Waals surface area (Å²) in [6, 6.07) is 8.02. The quantitative estimate of drug-likeness (QED) is 0.657. The standard InChI is InChI=1S/C12H14OS/c1-14-11-8-4-6-9-5-2-3-7-10(9)12(11)13/h2-3,5,7,11H,4,6,8H2,1H3. The fourth-order valence-electron chi connectivity index (χ4n) is 1.99. The van der Waals surface area contributed by atoms with Crippen molar-refractivity contribution in [2.45, 2.75) is 24.5 Å². The Morgan fingerprint density at radius 2 is 2.14 bits per heavy atom. The number of benzene rings is 1. The minimum absolute atomic E-state index is 0.179. The first-order chi connectivity index (χ1) is 6.83. The van der Waals surface area contributed by atoms with Crippen molar-refractivity contribution in [3.8, 4) is 0 Å². The second kappa shape index (κ2) is 4.18. The Balaban J connectivity index is 2.40. The lowest BCUT2D eigenvalue weighted by Gasteiger charge is -2.09. The first-order valence-corrected chi connectivity index (χ1v) is 6.26. The van der Waals surface area contributed by atoms with Gasteiger partial charge in [-0.25, -0.2) is 0 Å². The number of rotatable bonds is 1. The highest BCUT2D eigenvalue weighted by atomic mass is 32.2. The van der Waals surface area contributed by atoms with E-state index in [1.165, 1.54) is 5.56 Å². The molecule has 74 valence electrons. The van der Waals surface area contributed by atoms with Crippen LogP contribution in [0.15, 0.2) is 24.3 Å². The predicted molar refractivity (Wildman–Crippen MR) is 61.0 cm³/mol. The third kappa shape index (κ3) is 1.71. The van der Waals surface area contributed by atoms with Gasteiger partial charge in [0, 0.05) is 5.56 Å². The van der Waals surface area contributed by atoms with E-state index in [-0.39, 0.29) is 5.25 Å². The van der Waals surface area contributed by atoms with Gasteiger partial charge >= 0.3 is 0 Å². The van der Waals surface area contributed by atoms with Gasteiger partial charge in [0.25, 0.3) is 0 Å².